The predicted octanol–water partition coefficient (Wildman–Crippen LogP) is 8.65. The van der Waals surface area contributed by atoms with Crippen molar-refractivity contribution in [2.75, 3.05) is 6.61 Å². The van der Waals surface area contributed by atoms with E-state index in [9.17, 15) is 4.79 Å². The van der Waals surface area contributed by atoms with Crippen molar-refractivity contribution < 1.29 is 9.53 Å². The highest BCUT2D eigenvalue weighted by Crippen LogP contribution is 2.76. The van der Waals surface area contributed by atoms with Gasteiger partial charge < -0.3 is 10.5 Å². The van der Waals surface area contributed by atoms with Crippen LogP contribution in [-0.4, -0.2) is 18.1 Å². The van der Waals surface area contributed by atoms with Crippen molar-refractivity contribution in [1.82, 2.24) is 0 Å². The predicted molar refractivity (Wildman–Crippen MR) is 167 cm³/mol. The van der Waals surface area contributed by atoms with Gasteiger partial charge in [0.05, 0.1) is 12.5 Å². The zero-order valence-corrected chi connectivity index (χ0v) is 27.2. The second-order valence-corrected chi connectivity index (χ2v) is 17.4. The Kier molecular flexibility index (Phi) is 6.14. The fraction of sp³-hybridized carbons (Fsp3) is 0.816. The first-order valence-corrected chi connectivity index (χ1v) is 17.3. The Balaban J connectivity index is 1.18. The first kappa shape index (κ1) is 28.4. The molecule has 0 heterocycles. The first-order chi connectivity index (χ1) is 19.2. The number of carbonyl (C=O) groups excluding carboxylic acids is 1. The molecule has 0 aromatic heterocycles. The van der Waals surface area contributed by atoms with Gasteiger partial charge in [-0.2, -0.15) is 0 Å². The number of ether oxygens (including phenoxy) is 1. The van der Waals surface area contributed by atoms with Gasteiger partial charge in [0.1, 0.15) is 0 Å². The van der Waals surface area contributed by atoms with E-state index in [1.165, 1.54) is 63.4 Å². The zero-order chi connectivity index (χ0) is 29.3. The summed E-state index contributed by atoms with van der Waals surface area (Å²) in [5.41, 5.74) is 13.1. The second-order valence-electron chi connectivity index (χ2n) is 17.4. The Bertz CT molecular complexity index is 1230. The molecule has 12 unspecified atom stereocenters. The molecule has 5 saturated carbocycles. The van der Waals surface area contributed by atoms with Crippen LogP contribution in [0, 0.1) is 69.0 Å². The molecule has 41 heavy (non-hydrogen) atoms. The van der Waals surface area contributed by atoms with Crippen LogP contribution in [-0.2, 0) is 9.53 Å². The lowest BCUT2D eigenvalue weighted by atomic mass is 9.33. The number of allylic oxidation sites excluding steroid dienone is 5. The summed E-state index contributed by atoms with van der Waals surface area (Å²) in [6, 6.07) is 0. The van der Waals surface area contributed by atoms with Crippen LogP contribution in [0.4, 0.5) is 0 Å². The Hall–Kier alpha value is -1.35. The smallest absolute Gasteiger partial charge is 0.309 e. The molecular formula is C38H57NO2. The van der Waals surface area contributed by atoms with Gasteiger partial charge in [0.2, 0.25) is 0 Å². The van der Waals surface area contributed by atoms with Crippen molar-refractivity contribution in [2.24, 2.45) is 74.7 Å². The van der Waals surface area contributed by atoms with Gasteiger partial charge in [-0.3, -0.25) is 4.79 Å². The number of hydrogen-bond acceptors (Lipinski definition) is 3. The molecular weight excluding hydrogens is 502 g/mol. The maximum atomic E-state index is 12.4. The van der Waals surface area contributed by atoms with Gasteiger partial charge in [-0.1, -0.05) is 58.9 Å². The van der Waals surface area contributed by atoms with Crippen molar-refractivity contribution >= 4 is 5.97 Å². The average molecular weight is 560 g/mol. The molecule has 226 valence electrons. The van der Waals surface area contributed by atoms with Crippen LogP contribution in [0.5, 0.6) is 0 Å². The van der Waals surface area contributed by atoms with Gasteiger partial charge in [0.25, 0.3) is 0 Å². The monoisotopic (exact) mass is 559 g/mol. The normalized spacial score (nSPS) is 52.6. The van der Waals surface area contributed by atoms with E-state index in [1.54, 1.807) is 11.1 Å². The molecule has 0 amide bonds. The van der Waals surface area contributed by atoms with E-state index in [2.05, 4.69) is 60.3 Å². The van der Waals surface area contributed by atoms with Gasteiger partial charge in [-0.15, -0.1) is 0 Å². The third-order valence-electron chi connectivity index (χ3n) is 15.7. The number of esters is 1. The molecule has 7 rings (SSSR count). The zero-order valence-electron chi connectivity index (χ0n) is 27.2. The van der Waals surface area contributed by atoms with Gasteiger partial charge >= 0.3 is 5.97 Å². The van der Waals surface area contributed by atoms with Crippen LogP contribution in [0.25, 0.3) is 0 Å². The highest BCUT2D eigenvalue weighted by atomic mass is 16.5. The van der Waals surface area contributed by atoms with Gasteiger partial charge in [0, 0.05) is 5.54 Å². The Morgan fingerprint density at radius 2 is 1.76 bits per heavy atom. The molecule has 0 bridgehead atoms. The van der Waals surface area contributed by atoms with E-state index in [1.807, 2.05) is 6.92 Å². The molecule has 0 aromatic rings. The third-order valence-corrected chi connectivity index (χ3v) is 15.7. The maximum Gasteiger partial charge on any atom is 0.309 e. The van der Waals surface area contributed by atoms with E-state index >= 15 is 0 Å². The minimum atomic E-state index is 0.0275. The fourth-order valence-electron chi connectivity index (χ4n) is 13.6. The van der Waals surface area contributed by atoms with Crippen LogP contribution in [0.1, 0.15) is 113 Å². The summed E-state index contributed by atoms with van der Waals surface area (Å²) >= 11 is 0. The summed E-state index contributed by atoms with van der Waals surface area (Å²) in [5.74, 6) is 4.49. The van der Waals surface area contributed by atoms with Crippen LogP contribution in [0.15, 0.2) is 35.5 Å². The molecule has 12 atom stereocenters. The number of fused-ring (bicyclic) bond motifs is 8. The molecule has 3 nitrogen and oxygen atoms in total. The lowest BCUT2D eigenvalue weighted by Gasteiger charge is -2.72. The Labute approximate surface area is 250 Å². The second kappa shape index (κ2) is 8.86. The minimum absolute atomic E-state index is 0.0275. The van der Waals surface area contributed by atoms with Gasteiger partial charge in [0.15, 0.2) is 0 Å². The molecule has 2 N–H and O–H groups in total. The molecule has 0 aliphatic heterocycles. The third kappa shape index (κ3) is 3.57. The topological polar surface area (TPSA) is 52.3 Å². The molecule has 7 aliphatic rings. The first-order valence-electron chi connectivity index (χ1n) is 17.3. The summed E-state index contributed by atoms with van der Waals surface area (Å²) in [7, 11) is 0. The summed E-state index contributed by atoms with van der Waals surface area (Å²) < 4.78 is 5.37. The lowest BCUT2D eigenvalue weighted by Crippen LogP contribution is -2.67. The number of carbonyl (C=O) groups is 1. The van der Waals surface area contributed by atoms with Gasteiger partial charge in [-0.25, -0.2) is 0 Å². The molecule has 7 aliphatic carbocycles. The largest absolute Gasteiger partial charge is 0.466 e. The van der Waals surface area contributed by atoms with E-state index in [0.717, 1.165) is 18.3 Å². The summed E-state index contributed by atoms with van der Waals surface area (Å²) in [6.07, 6.45) is 17.8. The highest BCUT2D eigenvalue weighted by molar-refractivity contribution is 5.78. The van der Waals surface area contributed by atoms with E-state index in [4.69, 9.17) is 10.5 Å². The molecule has 0 spiro atoms. The van der Waals surface area contributed by atoms with Gasteiger partial charge in [-0.05, 0) is 152 Å². The number of hydrogen-bond donors (Lipinski definition) is 1. The summed E-state index contributed by atoms with van der Waals surface area (Å²) in [5, 5.41) is 0. The van der Waals surface area contributed by atoms with E-state index in [0.29, 0.717) is 52.4 Å². The quantitative estimate of drug-likeness (QED) is 0.277. The maximum absolute atomic E-state index is 12.4. The summed E-state index contributed by atoms with van der Waals surface area (Å²) in [4.78, 5) is 12.4. The highest BCUT2D eigenvalue weighted by Gasteiger charge is 2.70. The minimum Gasteiger partial charge on any atom is -0.466 e. The average Bonchev–Trinajstić information content (AvgIpc) is 3.20. The Morgan fingerprint density at radius 1 is 1.00 bits per heavy atom. The van der Waals surface area contributed by atoms with Crippen molar-refractivity contribution in [3.63, 3.8) is 0 Å². The van der Waals surface area contributed by atoms with Crippen molar-refractivity contribution in [2.45, 2.75) is 118 Å². The van der Waals surface area contributed by atoms with E-state index in [-0.39, 0.29) is 22.8 Å². The van der Waals surface area contributed by atoms with Crippen molar-refractivity contribution in [1.29, 1.82) is 0 Å². The molecule has 5 fully saturated rings. The van der Waals surface area contributed by atoms with Crippen LogP contribution in [0.3, 0.4) is 0 Å². The number of rotatable bonds is 4. The summed E-state index contributed by atoms with van der Waals surface area (Å²) in [6.45, 7) is 22.4. The van der Waals surface area contributed by atoms with Crippen LogP contribution >= 0.6 is 0 Å². The van der Waals surface area contributed by atoms with Crippen LogP contribution in [0.2, 0.25) is 0 Å². The van der Waals surface area contributed by atoms with Crippen molar-refractivity contribution in [3.05, 3.63) is 35.5 Å². The standard InChI is InChI=1S/C38H57NO2/c1-9-41-33(40)31-25-20-23(21-26(25)31)27-13-15-35(6)29(34(27,4)5)14-16-37(8)30(35)11-10-28-32-24(22(2)3)12-17-38(32,39)19-18-36(28,37)7/h13,20,24-26,28-32H,2,9-12,14-19,21,39H2,1,3-8H3. The molecule has 0 aromatic carbocycles. The van der Waals surface area contributed by atoms with E-state index < -0.39 is 0 Å². The molecule has 0 radical (unpaired) electrons. The fourth-order valence-corrected chi connectivity index (χ4v) is 13.6. The van der Waals surface area contributed by atoms with Crippen molar-refractivity contribution in [3.8, 4) is 0 Å². The van der Waals surface area contributed by atoms with Crippen LogP contribution < -0.4 is 5.73 Å². The SMILES string of the molecule is C=C(C)C1CCC2(N)CCC3(C)C(CCC4C5(C)CC=C(C6=CC7C(C6)C7C(=O)OCC)C(C)(C)C5CCC43C)C12. The lowest BCUT2D eigenvalue weighted by molar-refractivity contribution is -0.219. The molecule has 3 heteroatoms. The molecule has 0 saturated heterocycles. The Morgan fingerprint density at radius 3 is 2.41 bits per heavy atom. The number of nitrogens with two attached hydrogens (primary N) is 1.